The molecule has 0 radical (unpaired) electrons. The molecule has 3 aromatic heterocycles. The minimum Gasteiger partial charge on any atom is -0.354 e. The third kappa shape index (κ3) is 2.31. The molecule has 5 heterocycles. The van der Waals surface area contributed by atoms with Gasteiger partial charge < -0.3 is 9.97 Å². The third-order valence-electron chi connectivity index (χ3n) is 3.79. The molecule has 0 aromatic carbocycles. The molecule has 2 aliphatic heterocycles. The molecule has 0 aliphatic carbocycles. The molecular weight excluding hydrogens is 304 g/mol. The van der Waals surface area contributed by atoms with Crippen molar-refractivity contribution >= 4 is 57.0 Å². The Morgan fingerprint density at radius 2 is 1.57 bits per heavy atom. The number of fused-ring (bicyclic) bond motifs is 9. The lowest BCUT2D eigenvalue weighted by Gasteiger charge is -1.85. The topological polar surface area (TPSA) is 57.4 Å². The summed E-state index contributed by atoms with van der Waals surface area (Å²) < 4.78 is 0. The van der Waals surface area contributed by atoms with Crippen molar-refractivity contribution in [2.45, 2.75) is 0 Å². The van der Waals surface area contributed by atoms with E-state index in [1.54, 1.807) is 11.3 Å². The van der Waals surface area contributed by atoms with Gasteiger partial charge in [-0.15, -0.1) is 0 Å². The van der Waals surface area contributed by atoms with Crippen molar-refractivity contribution in [2.24, 2.45) is 0 Å². The molecule has 5 rings (SSSR count). The van der Waals surface area contributed by atoms with Gasteiger partial charge in [-0.1, -0.05) is 11.3 Å². The first-order chi connectivity index (χ1) is 11.3. The Kier molecular flexibility index (Phi) is 2.63. The molecule has 2 N–H and O–H groups in total. The molecule has 0 atom stereocenters. The Balaban J connectivity index is 1.90. The summed E-state index contributed by atoms with van der Waals surface area (Å²) in [4.78, 5) is 17.2. The van der Waals surface area contributed by atoms with Gasteiger partial charge in [-0.3, -0.25) is 0 Å². The summed E-state index contributed by atoms with van der Waals surface area (Å²) in [5.41, 5.74) is 5.92. The molecule has 2 aliphatic rings. The maximum Gasteiger partial charge on any atom is 0.118 e. The van der Waals surface area contributed by atoms with Crippen LogP contribution in [0.2, 0.25) is 0 Å². The predicted molar refractivity (Wildman–Crippen MR) is 96.7 cm³/mol. The number of hydrogen-bond acceptors (Lipinski definition) is 3. The van der Waals surface area contributed by atoms with E-state index >= 15 is 0 Å². The highest BCUT2D eigenvalue weighted by Gasteiger charge is 2.04. The smallest absolute Gasteiger partial charge is 0.118 e. The highest BCUT2D eigenvalue weighted by atomic mass is 32.1. The number of H-pyrrole nitrogens is 2. The third-order valence-corrected chi connectivity index (χ3v) is 4.68. The normalized spacial score (nSPS) is 12.9. The van der Waals surface area contributed by atoms with Crippen molar-refractivity contribution in [1.29, 1.82) is 0 Å². The van der Waals surface area contributed by atoms with Gasteiger partial charge in [-0.2, -0.15) is 0 Å². The average molecular weight is 316 g/mol. The average Bonchev–Trinajstić information content (AvgIpc) is 3.28. The second-order valence-corrected chi connectivity index (χ2v) is 6.52. The van der Waals surface area contributed by atoms with Crippen LogP contribution in [-0.4, -0.2) is 19.9 Å². The fraction of sp³-hybridized carbons (Fsp3) is 0. The van der Waals surface area contributed by atoms with Crippen LogP contribution in [0.5, 0.6) is 0 Å². The quantitative estimate of drug-likeness (QED) is 0.434. The number of aromatic nitrogens is 4. The van der Waals surface area contributed by atoms with Gasteiger partial charge in [0.25, 0.3) is 0 Å². The second-order valence-electron chi connectivity index (χ2n) is 5.46. The molecule has 23 heavy (non-hydrogen) atoms. The predicted octanol–water partition coefficient (Wildman–Crippen LogP) is 4.72. The summed E-state index contributed by atoms with van der Waals surface area (Å²) in [6, 6.07) is 12.4. The van der Waals surface area contributed by atoms with E-state index in [1.807, 2.05) is 30.4 Å². The van der Waals surface area contributed by atoms with Gasteiger partial charge in [0.1, 0.15) is 5.01 Å². The first-order valence-corrected chi connectivity index (χ1v) is 8.17. The van der Waals surface area contributed by atoms with Crippen LogP contribution >= 0.6 is 11.3 Å². The van der Waals surface area contributed by atoms with Crippen LogP contribution in [0, 0.1) is 0 Å². The van der Waals surface area contributed by atoms with E-state index in [4.69, 9.17) is 0 Å². The Morgan fingerprint density at radius 3 is 2.57 bits per heavy atom. The number of aromatic amines is 2. The summed E-state index contributed by atoms with van der Waals surface area (Å²) in [6.07, 6.45) is 8.10. The Bertz CT molecular complexity index is 1120. The number of nitrogens with zero attached hydrogens (tertiary/aromatic N) is 2. The molecule has 4 nitrogen and oxygen atoms in total. The molecule has 0 spiro atoms. The zero-order valence-corrected chi connectivity index (χ0v) is 12.9. The van der Waals surface area contributed by atoms with E-state index in [9.17, 15) is 0 Å². The van der Waals surface area contributed by atoms with Crippen molar-refractivity contribution in [3.05, 3.63) is 58.5 Å². The zero-order chi connectivity index (χ0) is 15.2. The van der Waals surface area contributed by atoms with Crippen molar-refractivity contribution in [3.63, 3.8) is 0 Å². The number of rotatable bonds is 0. The summed E-state index contributed by atoms with van der Waals surface area (Å²) in [5, 5.41) is 0.980. The lowest BCUT2D eigenvalue weighted by atomic mass is 10.3. The SMILES string of the molecule is C1=Cc2nc1cc1nc(c3ccc(cc4ccc([nH]4)s2)[nH]3)C=C1. The van der Waals surface area contributed by atoms with Gasteiger partial charge >= 0.3 is 0 Å². The molecule has 0 amide bonds. The van der Waals surface area contributed by atoms with Crippen LogP contribution < -0.4 is 0 Å². The molecule has 5 heteroatoms. The largest absolute Gasteiger partial charge is 0.354 e. The molecule has 0 saturated carbocycles. The standard InChI is InChI=1S/C18H12N4S/c1-5-15-16-6-2-12(20-16)10-14-4-8-18(22-14)23-17-7-3-13(21-17)9-11(1)19-15/h1-10,19,21H. The van der Waals surface area contributed by atoms with Crippen LogP contribution in [0.25, 0.3) is 45.7 Å². The monoisotopic (exact) mass is 316 g/mol. The summed E-state index contributed by atoms with van der Waals surface area (Å²) >= 11 is 1.63. The first kappa shape index (κ1) is 12.6. The number of hydrogen-bond donors (Lipinski definition) is 2. The summed E-state index contributed by atoms with van der Waals surface area (Å²) in [5.74, 6) is 0. The van der Waals surface area contributed by atoms with Crippen LogP contribution in [0.15, 0.2) is 36.4 Å². The van der Waals surface area contributed by atoms with E-state index in [0.29, 0.717) is 0 Å². The summed E-state index contributed by atoms with van der Waals surface area (Å²) in [6.45, 7) is 0. The van der Waals surface area contributed by atoms with Crippen molar-refractivity contribution < 1.29 is 0 Å². The Hall–Kier alpha value is -2.92. The minimum atomic E-state index is 0.922. The lowest BCUT2D eigenvalue weighted by Crippen LogP contribution is -1.77. The molecule has 0 saturated heterocycles. The fourth-order valence-corrected chi connectivity index (χ4v) is 3.53. The molecule has 110 valence electrons. The van der Waals surface area contributed by atoms with Crippen molar-refractivity contribution in [2.75, 3.05) is 0 Å². The van der Waals surface area contributed by atoms with Crippen molar-refractivity contribution in [1.82, 2.24) is 19.9 Å². The van der Waals surface area contributed by atoms with E-state index in [-0.39, 0.29) is 0 Å². The maximum absolute atomic E-state index is 4.66. The molecule has 3 aromatic rings. The Labute approximate surface area is 135 Å². The minimum absolute atomic E-state index is 0.922. The maximum atomic E-state index is 4.66. The number of nitrogens with one attached hydrogen (secondary N) is 2. The molecular formula is C18H12N4S. The van der Waals surface area contributed by atoms with E-state index < -0.39 is 0 Å². The molecule has 0 unspecified atom stereocenters. The van der Waals surface area contributed by atoms with Gasteiger partial charge in [0.05, 0.1) is 27.4 Å². The van der Waals surface area contributed by atoms with Crippen LogP contribution in [0.3, 0.4) is 0 Å². The van der Waals surface area contributed by atoms with Gasteiger partial charge in [0.2, 0.25) is 0 Å². The van der Waals surface area contributed by atoms with Crippen LogP contribution in [0.1, 0.15) is 22.1 Å². The highest BCUT2D eigenvalue weighted by Crippen LogP contribution is 2.21. The molecule has 8 bridgehead atoms. The fourth-order valence-electron chi connectivity index (χ4n) is 2.72. The van der Waals surface area contributed by atoms with Crippen molar-refractivity contribution in [3.8, 4) is 0 Å². The lowest BCUT2D eigenvalue weighted by molar-refractivity contribution is 1.29. The van der Waals surface area contributed by atoms with Gasteiger partial charge in [0.15, 0.2) is 0 Å². The highest BCUT2D eigenvalue weighted by molar-refractivity contribution is 7.17. The molecule has 0 fully saturated rings. The second kappa shape index (κ2) is 4.79. The zero-order valence-electron chi connectivity index (χ0n) is 12.1. The van der Waals surface area contributed by atoms with Gasteiger partial charge in [-0.05, 0) is 60.7 Å². The summed E-state index contributed by atoms with van der Waals surface area (Å²) in [7, 11) is 0. The van der Waals surface area contributed by atoms with Crippen LogP contribution in [-0.2, 0) is 0 Å². The first-order valence-electron chi connectivity index (χ1n) is 7.35. The van der Waals surface area contributed by atoms with Gasteiger partial charge in [0, 0.05) is 11.0 Å². The van der Waals surface area contributed by atoms with Gasteiger partial charge in [-0.25, -0.2) is 9.97 Å². The van der Waals surface area contributed by atoms with E-state index in [2.05, 4.69) is 50.3 Å². The van der Waals surface area contributed by atoms with Crippen LogP contribution in [0.4, 0.5) is 0 Å². The van der Waals surface area contributed by atoms with E-state index in [1.165, 1.54) is 0 Å². The van der Waals surface area contributed by atoms with E-state index in [0.717, 1.165) is 43.5 Å². The Morgan fingerprint density at radius 1 is 0.739 bits per heavy atom.